The molecule has 0 bridgehead atoms. The summed E-state index contributed by atoms with van der Waals surface area (Å²) in [6, 6.07) is 4.13. The van der Waals surface area contributed by atoms with Crippen LogP contribution in [0.5, 0.6) is 0 Å². The minimum absolute atomic E-state index is 0.0737. The van der Waals surface area contributed by atoms with E-state index in [1.54, 1.807) is 0 Å². The predicted octanol–water partition coefficient (Wildman–Crippen LogP) is 2.95. The number of likely N-dealkylation sites (N-methyl/N-ethyl adjacent to an activating group) is 1. The number of hydrogen-bond acceptors (Lipinski definition) is 5. The Morgan fingerprint density at radius 3 is 2.55 bits per heavy atom. The summed E-state index contributed by atoms with van der Waals surface area (Å²) >= 11 is 1.37. The SMILES string of the molecule is Cc1cc(C)c(NC(=O)CSc2nc(=O)n(CCN(C)C)c3c2CCC3)c(C)c1. The van der Waals surface area contributed by atoms with Crippen molar-refractivity contribution < 1.29 is 4.79 Å². The summed E-state index contributed by atoms with van der Waals surface area (Å²) in [5.41, 5.74) is 6.21. The Morgan fingerprint density at radius 2 is 1.90 bits per heavy atom. The maximum atomic E-state index is 12.6. The van der Waals surface area contributed by atoms with Crippen molar-refractivity contribution in [1.29, 1.82) is 0 Å². The zero-order valence-corrected chi connectivity index (χ0v) is 18.8. The molecular weight excluding hydrogens is 384 g/mol. The van der Waals surface area contributed by atoms with Gasteiger partial charge in [0.25, 0.3) is 0 Å². The molecule has 1 heterocycles. The molecule has 0 fully saturated rings. The lowest BCUT2D eigenvalue weighted by molar-refractivity contribution is -0.113. The number of aromatic nitrogens is 2. The van der Waals surface area contributed by atoms with Crippen molar-refractivity contribution in [3.8, 4) is 0 Å². The molecule has 0 spiro atoms. The number of rotatable bonds is 7. The van der Waals surface area contributed by atoms with Gasteiger partial charge >= 0.3 is 5.69 Å². The van der Waals surface area contributed by atoms with E-state index in [-0.39, 0.29) is 17.3 Å². The standard InChI is InChI=1S/C22H30N4O2S/c1-14-11-15(2)20(16(3)12-14)23-19(27)13-29-21-17-7-6-8-18(17)26(22(28)24-21)10-9-25(4)5/h11-12H,6-10,13H2,1-5H3,(H,23,27). The molecule has 1 aromatic heterocycles. The van der Waals surface area contributed by atoms with Crippen LogP contribution >= 0.6 is 11.8 Å². The molecule has 1 amide bonds. The number of carbonyl (C=O) groups is 1. The number of nitrogens with zero attached hydrogens (tertiary/aromatic N) is 3. The maximum Gasteiger partial charge on any atom is 0.348 e. The highest BCUT2D eigenvalue weighted by molar-refractivity contribution is 8.00. The third-order valence-electron chi connectivity index (χ3n) is 5.25. The first kappa shape index (κ1) is 21.6. The van der Waals surface area contributed by atoms with Crippen LogP contribution in [-0.4, -0.2) is 46.8 Å². The van der Waals surface area contributed by atoms with E-state index in [2.05, 4.69) is 34.3 Å². The molecule has 29 heavy (non-hydrogen) atoms. The molecule has 0 atom stereocenters. The highest BCUT2D eigenvalue weighted by Gasteiger charge is 2.22. The maximum absolute atomic E-state index is 12.6. The summed E-state index contributed by atoms with van der Waals surface area (Å²) in [7, 11) is 4.00. The van der Waals surface area contributed by atoms with Crippen molar-refractivity contribution in [3.63, 3.8) is 0 Å². The van der Waals surface area contributed by atoms with Crippen LogP contribution in [0.4, 0.5) is 5.69 Å². The molecule has 7 heteroatoms. The van der Waals surface area contributed by atoms with E-state index < -0.39 is 0 Å². The molecule has 0 saturated carbocycles. The fourth-order valence-electron chi connectivity index (χ4n) is 3.92. The number of thioether (sulfide) groups is 1. The number of anilines is 1. The number of amides is 1. The second-order valence-electron chi connectivity index (χ2n) is 8.04. The van der Waals surface area contributed by atoms with Crippen LogP contribution in [-0.2, 0) is 24.2 Å². The van der Waals surface area contributed by atoms with Gasteiger partial charge in [0.05, 0.1) is 5.75 Å². The molecule has 0 saturated heterocycles. The van der Waals surface area contributed by atoms with Gasteiger partial charge in [0.1, 0.15) is 5.03 Å². The molecule has 3 rings (SSSR count). The minimum Gasteiger partial charge on any atom is -0.325 e. The topological polar surface area (TPSA) is 67.2 Å². The van der Waals surface area contributed by atoms with E-state index in [4.69, 9.17) is 0 Å². The van der Waals surface area contributed by atoms with Crippen LogP contribution in [0.15, 0.2) is 22.0 Å². The van der Waals surface area contributed by atoms with E-state index in [1.165, 1.54) is 17.3 Å². The molecule has 6 nitrogen and oxygen atoms in total. The number of fused-ring (bicyclic) bond motifs is 1. The predicted molar refractivity (Wildman–Crippen MR) is 119 cm³/mol. The smallest absolute Gasteiger partial charge is 0.325 e. The van der Waals surface area contributed by atoms with Gasteiger partial charge in [-0.05, 0) is 65.3 Å². The lowest BCUT2D eigenvalue weighted by atomic mass is 10.1. The number of hydrogen-bond donors (Lipinski definition) is 1. The van der Waals surface area contributed by atoms with Crippen molar-refractivity contribution in [3.05, 3.63) is 50.6 Å². The van der Waals surface area contributed by atoms with E-state index in [1.807, 2.05) is 32.5 Å². The van der Waals surface area contributed by atoms with Crippen molar-refractivity contribution in [1.82, 2.24) is 14.5 Å². The highest BCUT2D eigenvalue weighted by atomic mass is 32.2. The largest absolute Gasteiger partial charge is 0.348 e. The first-order chi connectivity index (χ1) is 13.8. The summed E-state index contributed by atoms with van der Waals surface area (Å²) in [6.07, 6.45) is 2.86. The van der Waals surface area contributed by atoms with Crippen LogP contribution in [0.1, 0.15) is 34.4 Å². The van der Waals surface area contributed by atoms with Crippen molar-refractivity contribution in [2.24, 2.45) is 0 Å². The van der Waals surface area contributed by atoms with Gasteiger partial charge in [-0.2, -0.15) is 4.98 Å². The normalized spacial score (nSPS) is 13.0. The Balaban J connectivity index is 1.73. The van der Waals surface area contributed by atoms with Crippen LogP contribution in [0.2, 0.25) is 0 Å². The van der Waals surface area contributed by atoms with Crippen LogP contribution < -0.4 is 11.0 Å². The van der Waals surface area contributed by atoms with Gasteiger partial charge in [0, 0.05) is 30.0 Å². The van der Waals surface area contributed by atoms with Gasteiger partial charge in [-0.15, -0.1) is 0 Å². The van der Waals surface area contributed by atoms with E-state index >= 15 is 0 Å². The van der Waals surface area contributed by atoms with Crippen LogP contribution in [0.25, 0.3) is 0 Å². The third-order valence-corrected chi connectivity index (χ3v) is 6.27. The molecule has 0 aliphatic heterocycles. The zero-order chi connectivity index (χ0) is 21.1. The second kappa shape index (κ2) is 9.13. The number of carbonyl (C=O) groups excluding carboxylic acids is 1. The molecule has 1 aromatic carbocycles. The Morgan fingerprint density at radius 1 is 1.21 bits per heavy atom. The number of aryl methyl sites for hydroxylation is 3. The molecule has 0 radical (unpaired) electrons. The van der Waals surface area contributed by atoms with Crippen molar-refractivity contribution in [2.75, 3.05) is 31.7 Å². The van der Waals surface area contributed by atoms with Crippen molar-refractivity contribution in [2.45, 2.75) is 51.6 Å². The third kappa shape index (κ3) is 5.08. The lowest BCUT2D eigenvalue weighted by Gasteiger charge is -2.16. The fourth-order valence-corrected chi connectivity index (χ4v) is 4.80. The van der Waals surface area contributed by atoms with Gasteiger partial charge in [-0.25, -0.2) is 4.79 Å². The number of benzene rings is 1. The minimum atomic E-state index is -0.208. The Bertz CT molecular complexity index is 959. The van der Waals surface area contributed by atoms with E-state index in [9.17, 15) is 9.59 Å². The quantitative estimate of drug-likeness (QED) is 0.557. The summed E-state index contributed by atoms with van der Waals surface area (Å²) in [5, 5.41) is 3.74. The summed E-state index contributed by atoms with van der Waals surface area (Å²) in [4.78, 5) is 31.5. The van der Waals surface area contributed by atoms with E-state index in [0.717, 1.165) is 58.9 Å². The Hall–Kier alpha value is -2.12. The summed E-state index contributed by atoms with van der Waals surface area (Å²) in [6.45, 7) is 7.51. The molecule has 1 aliphatic rings. The first-order valence-electron chi connectivity index (χ1n) is 10.0. The van der Waals surface area contributed by atoms with Crippen LogP contribution in [0.3, 0.4) is 0 Å². The zero-order valence-electron chi connectivity index (χ0n) is 18.0. The van der Waals surface area contributed by atoms with E-state index in [0.29, 0.717) is 6.54 Å². The average molecular weight is 415 g/mol. The summed E-state index contributed by atoms with van der Waals surface area (Å²) < 4.78 is 1.81. The van der Waals surface area contributed by atoms with Gasteiger partial charge in [-0.1, -0.05) is 29.5 Å². The molecular formula is C22H30N4O2S. The molecule has 0 unspecified atom stereocenters. The average Bonchev–Trinajstić information content (AvgIpc) is 3.11. The molecule has 1 aliphatic carbocycles. The fraction of sp³-hybridized carbons (Fsp3) is 0.500. The van der Waals surface area contributed by atoms with Gasteiger partial charge in [0.15, 0.2) is 0 Å². The molecule has 2 aromatic rings. The van der Waals surface area contributed by atoms with Gasteiger partial charge < -0.3 is 10.2 Å². The lowest BCUT2D eigenvalue weighted by Crippen LogP contribution is -2.31. The monoisotopic (exact) mass is 414 g/mol. The Labute approximate surface area is 176 Å². The van der Waals surface area contributed by atoms with Gasteiger partial charge in [0.2, 0.25) is 5.91 Å². The van der Waals surface area contributed by atoms with Crippen molar-refractivity contribution >= 4 is 23.4 Å². The summed E-state index contributed by atoms with van der Waals surface area (Å²) in [5.74, 6) is 0.170. The molecule has 1 N–H and O–H groups in total. The Kier molecular flexibility index (Phi) is 6.80. The van der Waals surface area contributed by atoms with Crippen LogP contribution in [0, 0.1) is 20.8 Å². The van der Waals surface area contributed by atoms with Gasteiger partial charge in [-0.3, -0.25) is 9.36 Å². The first-order valence-corrected chi connectivity index (χ1v) is 11.0. The highest BCUT2D eigenvalue weighted by Crippen LogP contribution is 2.29. The molecule has 156 valence electrons. The number of nitrogens with one attached hydrogen (secondary N) is 1. The second-order valence-corrected chi connectivity index (χ2v) is 9.01.